The maximum Gasteiger partial charge on any atom is 0.0108 e. The standard InChI is InChI=1S/C14H18S2/c1-2-6-12(5-1)15-9-11-10-16-14-8-4-3-7-13(11)14/h3-4,7-8,11-12H,1-2,5-6,9-10H2. The zero-order valence-corrected chi connectivity index (χ0v) is 11.2. The molecule has 0 bridgehead atoms. The van der Waals surface area contributed by atoms with E-state index in [2.05, 4.69) is 36.0 Å². The van der Waals surface area contributed by atoms with Crippen LogP contribution in [0, 0.1) is 0 Å². The van der Waals surface area contributed by atoms with E-state index in [1.807, 2.05) is 11.8 Å². The van der Waals surface area contributed by atoms with Crippen LogP contribution in [-0.2, 0) is 0 Å². The SMILES string of the molecule is c1ccc2c(c1)SCC2CSC1CCCC1. The first-order chi connectivity index (χ1) is 7.93. The summed E-state index contributed by atoms with van der Waals surface area (Å²) in [4.78, 5) is 1.53. The van der Waals surface area contributed by atoms with Crippen LogP contribution < -0.4 is 0 Å². The fourth-order valence-corrected chi connectivity index (χ4v) is 5.55. The average molecular weight is 250 g/mol. The molecule has 1 unspecified atom stereocenters. The third-order valence-electron chi connectivity index (χ3n) is 3.63. The molecule has 1 saturated carbocycles. The van der Waals surface area contributed by atoms with Gasteiger partial charge in [-0.1, -0.05) is 31.0 Å². The summed E-state index contributed by atoms with van der Waals surface area (Å²) >= 11 is 4.28. The van der Waals surface area contributed by atoms with Gasteiger partial charge in [0.05, 0.1) is 0 Å². The van der Waals surface area contributed by atoms with Crippen LogP contribution in [0.5, 0.6) is 0 Å². The first kappa shape index (κ1) is 11.0. The summed E-state index contributed by atoms with van der Waals surface area (Å²) in [6.45, 7) is 0. The Bertz CT molecular complexity index is 356. The molecule has 0 spiro atoms. The number of benzene rings is 1. The second kappa shape index (κ2) is 5.05. The van der Waals surface area contributed by atoms with E-state index in [0.717, 1.165) is 11.2 Å². The van der Waals surface area contributed by atoms with Gasteiger partial charge in [-0.15, -0.1) is 11.8 Å². The van der Waals surface area contributed by atoms with E-state index in [4.69, 9.17) is 0 Å². The lowest BCUT2D eigenvalue weighted by molar-refractivity contribution is 0.868. The van der Waals surface area contributed by atoms with E-state index >= 15 is 0 Å². The summed E-state index contributed by atoms with van der Waals surface area (Å²) in [6, 6.07) is 8.96. The molecule has 1 heterocycles. The zero-order valence-electron chi connectivity index (χ0n) is 9.52. The highest BCUT2D eigenvalue weighted by Crippen LogP contribution is 2.42. The Morgan fingerprint density at radius 2 is 2.00 bits per heavy atom. The van der Waals surface area contributed by atoms with Crippen molar-refractivity contribution >= 4 is 23.5 Å². The molecule has 1 fully saturated rings. The minimum absolute atomic E-state index is 0.812. The molecule has 16 heavy (non-hydrogen) atoms. The van der Waals surface area contributed by atoms with Crippen molar-refractivity contribution in [3.05, 3.63) is 29.8 Å². The Labute approximate surface area is 107 Å². The molecule has 0 saturated heterocycles. The fourth-order valence-electron chi connectivity index (χ4n) is 2.67. The molecule has 1 aliphatic heterocycles. The van der Waals surface area contributed by atoms with Gasteiger partial charge in [-0.25, -0.2) is 0 Å². The fraction of sp³-hybridized carbons (Fsp3) is 0.571. The van der Waals surface area contributed by atoms with Crippen molar-refractivity contribution in [3.8, 4) is 0 Å². The molecule has 86 valence electrons. The molecular weight excluding hydrogens is 232 g/mol. The van der Waals surface area contributed by atoms with Crippen molar-refractivity contribution in [2.24, 2.45) is 0 Å². The first-order valence-corrected chi connectivity index (χ1v) is 8.30. The molecule has 3 rings (SSSR count). The van der Waals surface area contributed by atoms with Gasteiger partial charge in [0.2, 0.25) is 0 Å². The number of hydrogen-bond donors (Lipinski definition) is 0. The Kier molecular flexibility index (Phi) is 3.49. The summed E-state index contributed by atoms with van der Waals surface area (Å²) < 4.78 is 0. The molecular formula is C14H18S2. The molecule has 0 nitrogen and oxygen atoms in total. The number of thioether (sulfide) groups is 2. The predicted octanol–water partition coefficient (Wildman–Crippen LogP) is 4.55. The molecule has 2 aliphatic rings. The number of rotatable bonds is 3. The third-order valence-corrected chi connectivity index (χ3v) is 6.42. The number of hydrogen-bond acceptors (Lipinski definition) is 2. The van der Waals surface area contributed by atoms with Gasteiger partial charge >= 0.3 is 0 Å². The summed E-state index contributed by atoms with van der Waals surface area (Å²) in [6.07, 6.45) is 5.86. The van der Waals surface area contributed by atoms with Gasteiger partial charge < -0.3 is 0 Å². The van der Waals surface area contributed by atoms with Gasteiger partial charge in [-0.3, -0.25) is 0 Å². The molecule has 1 aromatic carbocycles. The lowest BCUT2D eigenvalue weighted by atomic mass is 10.0. The summed E-state index contributed by atoms with van der Waals surface area (Å²) in [5, 5.41) is 0.970. The van der Waals surface area contributed by atoms with Crippen LogP contribution in [0.1, 0.15) is 37.2 Å². The second-order valence-electron chi connectivity index (χ2n) is 4.79. The van der Waals surface area contributed by atoms with Crippen LogP contribution in [0.15, 0.2) is 29.2 Å². The minimum Gasteiger partial charge on any atom is -0.158 e. The van der Waals surface area contributed by atoms with Gasteiger partial charge in [-0.05, 0) is 24.5 Å². The smallest absolute Gasteiger partial charge is 0.0108 e. The van der Waals surface area contributed by atoms with Crippen LogP contribution in [-0.4, -0.2) is 16.8 Å². The highest BCUT2D eigenvalue weighted by molar-refractivity contribution is 8.00. The van der Waals surface area contributed by atoms with Gasteiger partial charge in [0.15, 0.2) is 0 Å². The lowest BCUT2D eigenvalue weighted by Gasteiger charge is -2.13. The zero-order chi connectivity index (χ0) is 10.8. The van der Waals surface area contributed by atoms with E-state index in [9.17, 15) is 0 Å². The molecule has 2 heteroatoms. The van der Waals surface area contributed by atoms with Crippen molar-refractivity contribution in [2.75, 3.05) is 11.5 Å². The Morgan fingerprint density at radius 3 is 2.88 bits per heavy atom. The minimum atomic E-state index is 0.812. The molecule has 0 radical (unpaired) electrons. The van der Waals surface area contributed by atoms with Crippen molar-refractivity contribution in [1.82, 2.24) is 0 Å². The quantitative estimate of drug-likeness (QED) is 0.772. The van der Waals surface area contributed by atoms with Crippen LogP contribution in [0.2, 0.25) is 0 Å². The Hall–Kier alpha value is -0.0800. The highest BCUT2D eigenvalue weighted by atomic mass is 32.2. The van der Waals surface area contributed by atoms with E-state index in [1.54, 1.807) is 5.56 Å². The van der Waals surface area contributed by atoms with Crippen molar-refractivity contribution < 1.29 is 0 Å². The molecule has 0 amide bonds. The van der Waals surface area contributed by atoms with Crippen LogP contribution >= 0.6 is 23.5 Å². The van der Waals surface area contributed by atoms with Gasteiger partial charge in [0, 0.05) is 27.6 Å². The monoisotopic (exact) mass is 250 g/mol. The van der Waals surface area contributed by atoms with Crippen LogP contribution in [0.4, 0.5) is 0 Å². The third kappa shape index (κ3) is 2.28. The molecule has 1 aliphatic carbocycles. The van der Waals surface area contributed by atoms with Crippen molar-refractivity contribution in [1.29, 1.82) is 0 Å². The first-order valence-electron chi connectivity index (χ1n) is 6.27. The van der Waals surface area contributed by atoms with E-state index in [-0.39, 0.29) is 0 Å². The van der Waals surface area contributed by atoms with E-state index in [0.29, 0.717) is 0 Å². The highest BCUT2D eigenvalue weighted by Gasteiger charge is 2.24. The maximum absolute atomic E-state index is 2.33. The Morgan fingerprint density at radius 1 is 1.19 bits per heavy atom. The molecule has 0 aromatic heterocycles. The topological polar surface area (TPSA) is 0 Å². The summed E-state index contributed by atoms with van der Waals surface area (Å²) in [7, 11) is 0. The average Bonchev–Trinajstić information content (AvgIpc) is 2.96. The lowest BCUT2D eigenvalue weighted by Crippen LogP contribution is -2.04. The van der Waals surface area contributed by atoms with Crippen molar-refractivity contribution in [2.45, 2.75) is 41.7 Å². The van der Waals surface area contributed by atoms with Gasteiger partial charge in [0.25, 0.3) is 0 Å². The summed E-state index contributed by atoms with van der Waals surface area (Å²) in [5.74, 6) is 3.46. The maximum atomic E-state index is 2.33. The molecule has 1 atom stereocenters. The van der Waals surface area contributed by atoms with E-state index in [1.165, 1.54) is 42.1 Å². The van der Waals surface area contributed by atoms with Crippen LogP contribution in [0.25, 0.3) is 0 Å². The van der Waals surface area contributed by atoms with Crippen molar-refractivity contribution in [3.63, 3.8) is 0 Å². The largest absolute Gasteiger partial charge is 0.158 e. The molecule has 1 aromatic rings. The number of fused-ring (bicyclic) bond motifs is 1. The summed E-state index contributed by atoms with van der Waals surface area (Å²) in [5.41, 5.74) is 1.61. The van der Waals surface area contributed by atoms with E-state index < -0.39 is 0 Å². The van der Waals surface area contributed by atoms with Gasteiger partial charge in [-0.2, -0.15) is 11.8 Å². The normalized spacial score (nSPS) is 24.9. The molecule has 0 N–H and O–H groups in total. The Balaban J connectivity index is 1.60. The van der Waals surface area contributed by atoms with Crippen LogP contribution in [0.3, 0.4) is 0 Å². The second-order valence-corrected chi connectivity index (χ2v) is 7.18. The van der Waals surface area contributed by atoms with Gasteiger partial charge in [0.1, 0.15) is 0 Å². The predicted molar refractivity (Wildman–Crippen MR) is 74.6 cm³/mol.